The largest absolute Gasteiger partial charge is 0.379 e. The van der Waals surface area contributed by atoms with Crippen molar-refractivity contribution in [3.63, 3.8) is 0 Å². The highest BCUT2D eigenvalue weighted by molar-refractivity contribution is 14.0. The van der Waals surface area contributed by atoms with Crippen LogP contribution >= 0.6 is 24.0 Å². The van der Waals surface area contributed by atoms with Crippen molar-refractivity contribution in [3.8, 4) is 0 Å². The van der Waals surface area contributed by atoms with Crippen molar-refractivity contribution in [2.24, 2.45) is 10.9 Å². The fourth-order valence-corrected chi connectivity index (χ4v) is 2.28. The zero-order valence-electron chi connectivity index (χ0n) is 14.4. The standard InChI is InChI=1S/C16H33N3O2.HI/c1-14(2)7-4-5-9-18-16(17-3)19-10-6-11-21-15-8-12-20-13-15;/h14-15H,4-13H2,1-3H3,(H2,17,18,19);1H. The van der Waals surface area contributed by atoms with Gasteiger partial charge in [-0.15, -0.1) is 24.0 Å². The van der Waals surface area contributed by atoms with E-state index in [1.165, 1.54) is 19.3 Å². The third-order valence-corrected chi connectivity index (χ3v) is 3.58. The number of guanidine groups is 1. The number of nitrogens with one attached hydrogen (secondary N) is 2. The Kier molecular flexibility index (Phi) is 14.5. The van der Waals surface area contributed by atoms with Gasteiger partial charge in [-0.3, -0.25) is 4.99 Å². The smallest absolute Gasteiger partial charge is 0.190 e. The number of halogens is 1. The lowest BCUT2D eigenvalue weighted by Crippen LogP contribution is -2.38. The maximum atomic E-state index is 5.73. The number of unbranched alkanes of at least 4 members (excludes halogenated alkanes) is 1. The van der Waals surface area contributed by atoms with Crippen LogP contribution in [0.4, 0.5) is 0 Å². The van der Waals surface area contributed by atoms with Gasteiger partial charge in [0.05, 0.1) is 12.7 Å². The third-order valence-electron chi connectivity index (χ3n) is 3.58. The van der Waals surface area contributed by atoms with Crippen molar-refractivity contribution in [1.82, 2.24) is 10.6 Å². The molecule has 0 amide bonds. The molecule has 1 atom stereocenters. The lowest BCUT2D eigenvalue weighted by atomic mass is 10.1. The molecule has 132 valence electrons. The van der Waals surface area contributed by atoms with E-state index in [4.69, 9.17) is 9.47 Å². The van der Waals surface area contributed by atoms with E-state index in [-0.39, 0.29) is 24.0 Å². The summed E-state index contributed by atoms with van der Waals surface area (Å²) in [5, 5.41) is 6.68. The van der Waals surface area contributed by atoms with Crippen LogP contribution < -0.4 is 10.6 Å². The van der Waals surface area contributed by atoms with Crippen LogP contribution in [0.5, 0.6) is 0 Å². The molecular weight excluding hydrogens is 393 g/mol. The molecule has 6 heteroatoms. The Morgan fingerprint density at radius 3 is 2.55 bits per heavy atom. The first-order valence-electron chi connectivity index (χ1n) is 8.36. The SMILES string of the molecule is CN=C(NCCCCC(C)C)NCCCOC1CCOC1.I. The highest BCUT2D eigenvalue weighted by atomic mass is 127. The van der Waals surface area contributed by atoms with Gasteiger partial charge < -0.3 is 20.1 Å². The average Bonchev–Trinajstić information content (AvgIpc) is 2.97. The van der Waals surface area contributed by atoms with Gasteiger partial charge in [-0.1, -0.05) is 26.7 Å². The van der Waals surface area contributed by atoms with E-state index in [2.05, 4.69) is 29.5 Å². The minimum absolute atomic E-state index is 0. The van der Waals surface area contributed by atoms with Crippen LogP contribution in [0.15, 0.2) is 4.99 Å². The van der Waals surface area contributed by atoms with Crippen molar-refractivity contribution in [1.29, 1.82) is 0 Å². The van der Waals surface area contributed by atoms with Crippen molar-refractivity contribution >= 4 is 29.9 Å². The number of hydrogen-bond donors (Lipinski definition) is 2. The van der Waals surface area contributed by atoms with Crippen LogP contribution in [0, 0.1) is 5.92 Å². The Morgan fingerprint density at radius 2 is 1.95 bits per heavy atom. The zero-order valence-corrected chi connectivity index (χ0v) is 16.7. The highest BCUT2D eigenvalue weighted by Crippen LogP contribution is 2.08. The van der Waals surface area contributed by atoms with Crippen molar-refractivity contribution in [2.45, 2.75) is 52.1 Å². The summed E-state index contributed by atoms with van der Waals surface area (Å²) in [5.41, 5.74) is 0. The number of ether oxygens (including phenoxy) is 2. The Labute approximate surface area is 153 Å². The molecule has 0 radical (unpaired) electrons. The fourth-order valence-electron chi connectivity index (χ4n) is 2.28. The predicted octanol–water partition coefficient (Wildman–Crippen LogP) is 2.79. The Balaban J connectivity index is 0.00000441. The minimum atomic E-state index is 0. The van der Waals surface area contributed by atoms with Crippen LogP contribution in [-0.2, 0) is 9.47 Å². The lowest BCUT2D eigenvalue weighted by molar-refractivity contribution is 0.0420. The molecule has 0 aromatic carbocycles. The van der Waals surface area contributed by atoms with Gasteiger partial charge in [-0.2, -0.15) is 0 Å². The molecule has 0 saturated carbocycles. The van der Waals surface area contributed by atoms with E-state index in [1.807, 2.05) is 7.05 Å². The quantitative estimate of drug-likeness (QED) is 0.244. The molecule has 0 aromatic rings. The second-order valence-electron chi connectivity index (χ2n) is 6.03. The third kappa shape index (κ3) is 11.5. The van der Waals surface area contributed by atoms with Crippen LogP contribution in [-0.4, -0.2) is 52.0 Å². The topological polar surface area (TPSA) is 54.9 Å². The summed E-state index contributed by atoms with van der Waals surface area (Å²) in [6, 6.07) is 0. The van der Waals surface area contributed by atoms with Crippen LogP contribution in [0.1, 0.15) is 46.0 Å². The molecule has 0 aliphatic carbocycles. The molecule has 5 nitrogen and oxygen atoms in total. The van der Waals surface area contributed by atoms with Gasteiger partial charge >= 0.3 is 0 Å². The van der Waals surface area contributed by atoms with Crippen LogP contribution in [0.25, 0.3) is 0 Å². The normalized spacial score (nSPS) is 18.4. The molecule has 1 aliphatic heterocycles. The van der Waals surface area contributed by atoms with E-state index in [0.717, 1.165) is 57.6 Å². The molecule has 1 fully saturated rings. The molecule has 0 bridgehead atoms. The van der Waals surface area contributed by atoms with Gasteiger partial charge in [-0.05, 0) is 25.2 Å². The van der Waals surface area contributed by atoms with Gasteiger partial charge in [0.2, 0.25) is 0 Å². The van der Waals surface area contributed by atoms with E-state index in [1.54, 1.807) is 0 Å². The van der Waals surface area contributed by atoms with Crippen molar-refractivity contribution in [3.05, 3.63) is 0 Å². The number of nitrogens with zero attached hydrogens (tertiary/aromatic N) is 1. The van der Waals surface area contributed by atoms with E-state index >= 15 is 0 Å². The van der Waals surface area contributed by atoms with Crippen molar-refractivity contribution in [2.75, 3.05) is 40.0 Å². The van der Waals surface area contributed by atoms with Gasteiger partial charge in [-0.25, -0.2) is 0 Å². The van der Waals surface area contributed by atoms with E-state index in [9.17, 15) is 0 Å². The van der Waals surface area contributed by atoms with Crippen LogP contribution in [0.3, 0.4) is 0 Å². The number of aliphatic imine (C=N–C) groups is 1. The molecule has 0 aromatic heterocycles. The minimum Gasteiger partial charge on any atom is -0.379 e. The highest BCUT2D eigenvalue weighted by Gasteiger charge is 2.15. The summed E-state index contributed by atoms with van der Waals surface area (Å²) >= 11 is 0. The Bertz CT molecular complexity index is 283. The second-order valence-corrected chi connectivity index (χ2v) is 6.03. The molecule has 1 saturated heterocycles. The van der Waals surface area contributed by atoms with Gasteiger partial charge in [0.15, 0.2) is 5.96 Å². The Morgan fingerprint density at radius 1 is 1.23 bits per heavy atom. The lowest BCUT2D eigenvalue weighted by Gasteiger charge is -2.13. The van der Waals surface area contributed by atoms with Gasteiger partial charge in [0.1, 0.15) is 0 Å². The summed E-state index contributed by atoms with van der Waals surface area (Å²) in [4.78, 5) is 4.23. The molecule has 0 spiro atoms. The summed E-state index contributed by atoms with van der Waals surface area (Å²) < 4.78 is 11.0. The number of rotatable bonds is 10. The monoisotopic (exact) mass is 427 g/mol. The predicted molar refractivity (Wildman–Crippen MR) is 103 cm³/mol. The first-order valence-corrected chi connectivity index (χ1v) is 8.36. The molecular formula is C16H34IN3O2. The fraction of sp³-hybridized carbons (Fsp3) is 0.938. The van der Waals surface area contributed by atoms with Crippen LogP contribution in [0.2, 0.25) is 0 Å². The first-order chi connectivity index (χ1) is 10.2. The summed E-state index contributed by atoms with van der Waals surface area (Å²) in [7, 11) is 1.82. The molecule has 2 N–H and O–H groups in total. The first kappa shape index (κ1) is 21.9. The Hall–Kier alpha value is -0.0800. The van der Waals surface area contributed by atoms with E-state index < -0.39 is 0 Å². The summed E-state index contributed by atoms with van der Waals surface area (Å²) in [6.45, 7) is 8.80. The maximum Gasteiger partial charge on any atom is 0.190 e. The molecule has 1 aliphatic rings. The van der Waals surface area contributed by atoms with Gasteiger partial charge in [0.25, 0.3) is 0 Å². The van der Waals surface area contributed by atoms with Crippen molar-refractivity contribution < 1.29 is 9.47 Å². The molecule has 1 heterocycles. The summed E-state index contributed by atoms with van der Waals surface area (Å²) in [6.07, 6.45) is 6.11. The zero-order chi connectivity index (χ0) is 15.3. The maximum absolute atomic E-state index is 5.73. The molecule has 1 rings (SSSR count). The van der Waals surface area contributed by atoms with Gasteiger partial charge in [0, 0.05) is 33.4 Å². The van der Waals surface area contributed by atoms with E-state index in [0.29, 0.717) is 6.10 Å². The number of hydrogen-bond acceptors (Lipinski definition) is 3. The molecule has 22 heavy (non-hydrogen) atoms. The second kappa shape index (κ2) is 14.5. The average molecular weight is 427 g/mol. The summed E-state index contributed by atoms with van der Waals surface area (Å²) in [5.74, 6) is 1.69. The molecule has 1 unspecified atom stereocenters.